The van der Waals surface area contributed by atoms with Gasteiger partial charge in [0.1, 0.15) is 5.69 Å². The van der Waals surface area contributed by atoms with Gasteiger partial charge in [-0.25, -0.2) is 0 Å². The molecule has 0 saturated heterocycles. The highest BCUT2D eigenvalue weighted by Crippen LogP contribution is 2.35. The van der Waals surface area contributed by atoms with Crippen LogP contribution in [0.15, 0.2) is 54.7 Å². The van der Waals surface area contributed by atoms with Crippen LogP contribution in [0.25, 0.3) is 0 Å². The normalized spacial score (nSPS) is 11.9. The number of pyridine rings is 1. The first-order valence-electron chi connectivity index (χ1n) is 8.60. The number of aromatic nitrogens is 1. The Labute approximate surface area is 157 Å². The second kappa shape index (κ2) is 6.99. The Bertz CT molecular complexity index is 1020. The van der Waals surface area contributed by atoms with E-state index in [0.717, 1.165) is 33.9 Å². The van der Waals surface area contributed by atoms with Gasteiger partial charge in [0.15, 0.2) is 11.5 Å². The van der Waals surface area contributed by atoms with Gasteiger partial charge in [-0.3, -0.25) is 9.78 Å². The van der Waals surface area contributed by atoms with E-state index in [1.54, 1.807) is 18.3 Å². The van der Waals surface area contributed by atoms with Crippen LogP contribution >= 0.6 is 0 Å². The molecule has 1 aliphatic rings. The summed E-state index contributed by atoms with van der Waals surface area (Å²) in [5.74, 6) is 1.17. The van der Waals surface area contributed by atoms with E-state index < -0.39 is 0 Å². The molecule has 0 fully saturated rings. The third kappa shape index (κ3) is 3.69. The summed E-state index contributed by atoms with van der Waals surface area (Å²) >= 11 is 0. The lowest BCUT2D eigenvalue weighted by Crippen LogP contribution is -2.14. The molecule has 0 atom stereocenters. The zero-order valence-electron chi connectivity index (χ0n) is 15.1. The Kier molecular flexibility index (Phi) is 4.38. The Morgan fingerprint density at radius 1 is 0.963 bits per heavy atom. The molecule has 0 saturated carbocycles. The molecule has 2 heterocycles. The first-order valence-corrected chi connectivity index (χ1v) is 8.60. The van der Waals surface area contributed by atoms with E-state index in [2.05, 4.69) is 15.6 Å². The number of carbonyl (C=O) groups is 1. The summed E-state index contributed by atoms with van der Waals surface area (Å²) in [7, 11) is 0. The van der Waals surface area contributed by atoms with Crippen molar-refractivity contribution >= 4 is 23.0 Å². The lowest BCUT2D eigenvalue weighted by Gasteiger charge is -2.11. The molecule has 27 heavy (non-hydrogen) atoms. The van der Waals surface area contributed by atoms with E-state index in [-0.39, 0.29) is 12.7 Å². The maximum atomic E-state index is 12.6. The minimum Gasteiger partial charge on any atom is -0.454 e. The predicted octanol–water partition coefficient (Wildman–Crippen LogP) is 4.42. The van der Waals surface area contributed by atoms with Crippen LogP contribution in [0.5, 0.6) is 11.5 Å². The average molecular weight is 361 g/mol. The smallest absolute Gasteiger partial charge is 0.274 e. The molecule has 6 heteroatoms. The van der Waals surface area contributed by atoms with Gasteiger partial charge in [0.05, 0.1) is 0 Å². The number of carbonyl (C=O) groups excluding carboxylic acids is 1. The predicted molar refractivity (Wildman–Crippen MR) is 104 cm³/mol. The average Bonchev–Trinajstić information content (AvgIpc) is 3.12. The molecular formula is C21H19N3O3. The molecule has 1 amide bonds. The number of rotatable bonds is 4. The van der Waals surface area contributed by atoms with Crippen LogP contribution < -0.4 is 20.1 Å². The fourth-order valence-corrected chi connectivity index (χ4v) is 2.91. The number of benzene rings is 2. The second-order valence-corrected chi connectivity index (χ2v) is 6.40. The molecule has 4 rings (SSSR count). The van der Waals surface area contributed by atoms with Crippen molar-refractivity contribution < 1.29 is 14.3 Å². The van der Waals surface area contributed by atoms with E-state index in [9.17, 15) is 4.79 Å². The molecule has 1 aliphatic heterocycles. The highest BCUT2D eigenvalue weighted by atomic mass is 16.7. The Morgan fingerprint density at radius 3 is 2.63 bits per heavy atom. The zero-order valence-corrected chi connectivity index (χ0v) is 15.1. The number of fused-ring (bicyclic) bond motifs is 1. The minimum atomic E-state index is -0.253. The van der Waals surface area contributed by atoms with Gasteiger partial charge in [0.25, 0.3) is 5.91 Å². The largest absolute Gasteiger partial charge is 0.454 e. The second-order valence-electron chi connectivity index (χ2n) is 6.40. The van der Waals surface area contributed by atoms with Crippen molar-refractivity contribution in [3.05, 3.63) is 71.5 Å². The summed E-state index contributed by atoms with van der Waals surface area (Å²) in [4.78, 5) is 16.8. The van der Waals surface area contributed by atoms with E-state index in [1.165, 1.54) is 0 Å². The summed E-state index contributed by atoms with van der Waals surface area (Å²) in [6.45, 7) is 4.22. The number of nitrogens with one attached hydrogen (secondary N) is 2. The van der Waals surface area contributed by atoms with Crippen molar-refractivity contribution in [1.82, 2.24) is 4.98 Å². The fraction of sp³-hybridized carbons (Fsp3) is 0.143. The van der Waals surface area contributed by atoms with Crippen molar-refractivity contribution in [3.8, 4) is 11.5 Å². The summed E-state index contributed by atoms with van der Waals surface area (Å²) in [5.41, 5.74) is 4.87. The van der Waals surface area contributed by atoms with Gasteiger partial charge in [-0.1, -0.05) is 17.7 Å². The molecule has 0 unspecified atom stereocenters. The molecule has 1 aromatic heterocycles. The number of hydrogen-bond acceptors (Lipinski definition) is 5. The monoisotopic (exact) mass is 361 g/mol. The third-order valence-corrected chi connectivity index (χ3v) is 4.28. The van der Waals surface area contributed by atoms with E-state index in [4.69, 9.17) is 9.47 Å². The highest BCUT2D eigenvalue weighted by molar-refractivity contribution is 6.03. The number of anilines is 3. The first-order chi connectivity index (χ1) is 13.1. The maximum absolute atomic E-state index is 12.6. The first kappa shape index (κ1) is 16.9. The highest BCUT2D eigenvalue weighted by Gasteiger charge is 2.14. The molecule has 0 bridgehead atoms. The number of amides is 1. The SMILES string of the molecule is Cc1ccc(NC(=O)c2cc(Nc3ccc4c(c3)OCO4)ccn2)c(C)c1. The summed E-state index contributed by atoms with van der Waals surface area (Å²) in [6, 6.07) is 15.0. The van der Waals surface area contributed by atoms with Crippen molar-refractivity contribution in [2.24, 2.45) is 0 Å². The van der Waals surface area contributed by atoms with E-state index in [0.29, 0.717) is 11.4 Å². The van der Waals surface area contributed by atoms with Crippen LogP contribution in [0.4, 0.5) is 17.1 Å². The van der Waals surface area contributed by atoms with Crippen molar-refractivity contribution in [2.75, 3.05) is 17.4 Å². The molecule has 2 aromatic carbocycles. The Hall–Kier alpha value is -3.54. The molecule has 136 valence electrons. The number of ether oxygens (including phenoxy) is 2. The van der Waals surface area contributed by atoms with Gasteiger partial charge in [0, 0.05) is 29.3 Å². The zero-order chi connectivity index (χ0) is 18.8. The van der Waals surface area contributed by atoms with Gasteiger partial charge < -0.3 is 20.1 Å². The number of aryl methyl sites for hydroxylation is 2. The summed E-state index contributed by atoms with van der Waals surface area (Å²) in [6.07, 6.45) is 1.60. The minimum absolute atomic E-state index is 0.233. The van der Waals surface area contributed by atoms with Gasteiger partial charge in [-0.15, -0.1) is 0 Å². The van der Waals surface area contributed by atoms with Crippen molar-refractivity contribution in [3.63, 3.8) is 0 Å². The standard InChI is InChI=1S/C21H19N3O3/c1-13-3-5-17(14(2)9-13)24-21(25)18-10-16(7-8-22-18)23-15-4-6-19-20(11-15)27-12-26-19/h3-11H,12H2,1-2H3,(H,22,23)(H,24,25). The van der Waals surface area contributed by atoms with Crippen LogP contribution in [-0.2, 0) is 0 Å². The molecular weight excluding hydrogens is 342 g/mol. The lowest BCUT2D eigenvalue weighted by atomic mass is 10.1. The van der Waals surface area contributed by atoms with Crippen LogP contribution in [0.2, 0.25) is 0 Å². The third-order valence-electron chi connectivity index (χ3n) is 4.28. The fourth-order valence-electron chi connectivity index (χ4n) is 2.91. The van der Waals surface area contributed by atoms with Crippen LogP contribution in [0.1, 0.15) is 21.6 Å². The van der Waals surface area contributed by atoms with Crippen molar-refractivity contribution in [2.45, 2.75) is 13.8 Å². The van der Waals surface area contributed by atoms with Gasteiger partial charge in [-0.05, 0) is 49.7 Å². The van der Waals surface area contributed by atoms with Gasteiger partial charge >= 0.3 is 0 Å². The summed E-state index contributed by atoms with van der Waals surface area (Å²) in [5, 5.41) is 6.17. The topological polar surface area (TPSA) is 72.5 Å². The Balaban J connectivity index is 1.51. The quantitative estimate of drug-likeness (QED) is 0.719. The van der Waals surface area contributed by atoms with E-state index >= 15 is 0 Å². The van der Waals surface area contributed by atoms with Crippen LogP contribution in [0, 0.1) is 13.8 Å². The van der Waals surface area contributed by atoms with Crippen molar-refractivity contribution in [1.29, 1.82) is 0 Å². The van der Waals surface area contributed by atoms with Gasteiger partial charge in [-0.2, -0.15) is 0 Å². The van der Waals surface area contributed by atoms with Crippen LogP contribution in [-0.4, -0.2) is 17.7 Å². The molecule has 0 spiro atoms. The number of nitrogens with zero attached hydrogens (tertiary/aromatic N) is 1. The molecule has 3 aromatic rings. The van der Waals surface area contributed by atoms with E-state index in [1.807, 2.05) is 50.2 Å². The lowest BCUT2D eigenvalue weighted by molar-refractivity contribution is 0.102. The Morgan fingerprint density at radius 2 is 1.78 bits per heavy atom. The molecule has 0 aliphatic carbocycles. The van der Waals surface area contributed by atoms with Gasteiger partial charge in [0.2, 0.25) is 6.79 Å². The molecule has 0 radical (unpaired) electrons. The molecule has 2 N–H and O–H groups in total. The molecule has 6 nitrogen and oxygen atoms in total. The van der Waals surface area contributed by atoms with Crippen LogP contribution in [0.3, 0.4) is 0 Å². The number of hydrogen-bond donors (Lipinski definition) is 2. The maximum Gasteiger partial charge on any atom is 0.274 e. The summed E-state index contributed by atoms with van der Waals surface area (Å²) < 4.78 is 10.7.